The van der Waals surface area contributed by atoms with E-state index in [1.54, 1.807) is 41.5 Å². The summed E-state index contributed by atoms with van der Waals surface area (Å²) in [5, 5.41) is 0. The van der Waals surface area contributed by atoms with Gasteiger partial charge in [-0.2, -0.15) is 4.90 Å². The van der Waals surface area contributed by atoms with Crippen LogP contribution in [0.2, 0.25) is 0 Å². The second-order valence-corrected chi connectivity index (χ2v) is 7.46. The highest BCUT2D eigenvalue weighted by Crippen LogP contribution is 2.23. The van der Waals surface area contributed by atoms with Gasteiger partial charge in [-0.25, -0.2) is 24.4 Å². The van der Waals surface area contributed by atoms with E-state index in [1.165, 1.54) is 12.3 Å². The van der Waals surface area contributed by atoms with Crippen LogP contribution in [0.15, 0.2) is 12.8 Å². The number of amides is 2. The first-order valence-electron chi connectivity index (χ1n) is 8.13. The molecule has 0 aliphatic rings. The first-order chi connectivity index (χ1) is 12.3. The van der Waals surface area contributed by atoms with Gasteiger partial charge in [0, 0.05) is 0 Å². The summed E-state index contributed by atoms with van der Waals surface area (Å²) < 4.78 is 15.2. The number of hydrogen-bond acceptors (Lipinski definition) is 8. The molecule has 27 heavy (non-hydrogen) atoms. The Bertz CT molecular complexity index is 718. The van der Waals surface area contributed by atoms with Crippen LogP contribution < -0.4 is 4.90 Å². The number of hydrogen-bond donors (Lipinski definition) is 0. The molecule has 0 atom stereocenters. The van der Waals surface area contributed by atoms with Crippen molar-refractivity contribution in [1.29, 1.82) is 0 Å². The average Bonchev–Trinajstić information content (AvgIpc) is 2.51. The van der Waals surface area contributed by atoms with E-state index in [-0.39, 0.29) is 17.2 Å². The summed E-state index contributed by atoms with van der Waals surface area (Å²) in [5.41, 5.74) is -1.91. The molecule has 0 N–H and O–H groups in total. The van der Waals surface area contributed by atoms with Gasteiger partial charge in [0.25, 0.3) is 0 Å². The molecule has 1 heterocycles. The molecule has 1 aromatic rings. The lowest BCUT2D eigenvalue weighted by Gasteiger charge is -2.28. The molecule has 148 valence electrons. The number of esters is 1. The van der Waals surface area contributed by atoms with Crippen molar-refractivity contribution in [3.8, 4) is 0 Å². The van der Waals surface area contributed by atoms with Gasteiger partial charge in [-0.3, -0.25) is 0 Å². The summed E-state index contributed by atoms with van der Waals surface area (Å²) >= 11 is 0. The average molecular weight is 379 g/mol. The van der Waals surface area contributed by atoms with Crippen LogP contribution in [0.3, 0.4) is 0 Å². The third-order valence-electron chi connectivity index (χ3n) is 2.72. The highest BCUT2D eigenvalue weighted by molar-refractivity contribution is 6.12. The van der Waals surface area contributed by atoms with E-state index >= 15 is 0 Å². The number of carbonyl (C=O) groups excluding carboxylic acids is 3. The lowest BCUT2D eigenvalue weighted by atomic mass is 10.2. The number of nitrogens with zero attached hydrogens (tertiary/aromatic N) is 3. The van der Waals surface area contributed by atoms with Gasteiger partial charge in [-0.05, 0) is 47.6 Å². The number of ether oxygens (including phenoxy) is 3. The summed E-state index contributed by atoms with van der Waals surface area (Å²) in [6.07, 6.45) is 0.468. The molecule has 1 aromatic heterocycles. The highest BCUT2D eigenvalue weighted by Gasteiger charge is 2.37. The van der Waals surface area contributed by atoms with Crippen LogP contribution in [-0.2, 0) is 14.2 Å². The van der Waals surface area contributed by atoms with Gasteiger partial charge >= 0.3 is 18.2 Å². The normalized spacial score (nSPS) is 11.4. The molecular formula is C18H25N3O6. The van der Waals surface area contributed by atoms with Crippen LogP contribution >= 0.6 is 0 Å². The Balaban J connectivity index is 3.54. The molecule has 0 fully saturated rings. The minimum Gasteiger partial charge on any atom is -0.464 e. The molecule has 0 radical (unpaired) electrons. The van der Waals surface area contributed by atoms with Gasteiger partial charge in [-0.1, -0.05) is 6.58 Å². The van der Waals surface area contributed by atoms with Gasteiger partial charge in [0.05, 0.1) is 19.0 Å². The quantitative estimate of drug-likeness (QED) is 0.579. The predicted octanol–water partition coefficient (Wildman–Crippen LogP) is 3.58. The smallest absolute Gasteiger partial charge is 0.425 e. The Kier molecular flexibility index (Phi) is 6.66. The number of imide groups is 1. The van der Waals surface area contributed by atoms with E-state index in [4.69, 9.17) is 9.47 Å². The van der Waals surface area contributed by atoms with Crippen molar-refractivity contribution in [2.24, 2.45) is 0 Å². The topological polar surface area (TPSA) is 108 Å². The number of rotatable bonds is 3. The van der Waals surface area contributed by atoms with E-state index in [1.807, 2.05) is 0 Å². The minimum atomic E-state index is -1.07. The van der Waals surface area contributed by atoms with E-state index in [2.05, 4.69) is 21.3 Å². The van der Waals surface area contributed by atoms with Crippen LogP contribution in [-0.4, -0.2) is 46.4 Å². The van der Waals surface area contributed by atoms with Gasteiger partial charge in [0.15, 0.2) is 11.5 Å². The molecule has 0 aromatic carbocycles. The van der Waals surface area contributed by atoms with Gasteiger partial charge < -0.3 is 14.2 Å². The molecule has 0 saturated heterocycles. The van der Waals surface area contributed by atoms with Crippen LogP contribution in [0, 0.1) is 0 Å². The van der Waals surface area contributed by atoms with Crippen molar-refractivity contribution in [2.75, 3.05) is 12.0 Å². The largest absolute Gasteiger partial charge is 0.464 e. The summed E-state index contributed by atoms with van der Waals surface area (Å²) in [6.45, 7) is 13.3. The molecule has 0 bridgehead atoms. The lowest BCUT2D eigenvalue weighted by molar-refractivity contribution is 0.0428. The molecule has 9 heteroatoms. The van der Waals surface area contributed by atoms with Crippen molar-refractivity contribution < 1.29 is 28.6 Å². The fourth-order valence-electron chi connectivity index (χ4n) is 1.75. The van der Waals surface area contributed by atoms with Gasteiger partial charge in [-0.15, -0.1) is 0 Å². The van der Waals surface area contributed by atoms with Crippen molar-refractivity contribution in [3.05, 3.63) is 24.2 Å². The SMILES string of the molecule is C=Cc1cnc(N(C(=O)OC(C)(C)C)C(=O)OC(C)(C)C)c(C(=O)OC)n1. The Labute approximate surface area is 158 Å². The van der Waals surface area contributed by atoms with Crippen molar-refractivity contribution in [1.82, 2.24) is 9.97 Å². The summed E-state index contributed by atoms with van der Waals surface area (Å²) in [4.78, 5) is 46.0. The highest BCUT2D eigenvalue weighted by atomic mass is 16.6. The fourth-order valence-corrected chi connectivity index (χ4v) is 1.75. The second-order valence-electron chi connectivity index (χ2n) is 7.46. The molecule has 0 spiro atoms. The third kappa shape index (κ3) is 6.36. The van der Waals surface area contributed by atoms with E-state index in [0.717, 1.165) is 7.11 Å². The molecule has 0 aliphatic carbocycles. The first-order valence-corrected chi connectivity index (χ1v) is 8.13. The predicted molar refractivity (Wildman–Crippen MR) is 98.4 cm³/mol. The van der Waals surface area contributed by atoms with Crippen molar-refractivity contribution in [3.63, 3.8) is 0 Å². The standard InChI is InChI=1S/C18H25N3O6/c1-9-11-10-19-13(12(20-11)14(22)25-8)21(15(23)26-17(2,3)4)16(24)27-18(5,6)7/h9-10H,1H2,2-8H3. The fraction of sp³-hybridized carbons (Fsp3) is 0.500. The molecule has 1 rings (SSSR count). The molecule has 0 saturated carbocycles. The maximum absolute atomic E-state index is 12.7. The summed E-state index contributed by atoms with van der Waals surface area (Å²) in [6, 6.07) is 0. The zero-order valence-corrected chi connectivity index (χ0v) is 16.7. The third-order valence-corrected chi connectivity index (χ3v) is 2.72. The lowest BCUT2D eigenvalue weighted by Crippen LogP contribution is -2.45. The van der Waals surface area contributed by atoms with Crippen LogP contribution in [0.5, 0.6) is 0 Å². The van der Waals surface area contributed by atoms with Gasteiger partial charge in [0.2, 0.25) is 0 Å². The second kappa shape index (κ2) is 8.15. The minimum absolute atomic E-state index is 0.257. The maximum Gasteiger partial charge on any atom is 0.425 e. The van der Waals surface area contributed by atoms with Crippen molar-refractivity contribution >= 4 is 30.0 Å². The van der Waals surface area contributed by atoms with Gasteiger partial charge in [0.1, 0.15) is 11.2 Å². The molecule has 0 aliphatic heterocycles. The molecular weight excluding hydrogens is 354 g/mol. The van der Waals surface area contributed by atoms with Crippen LogP contribution in [0.4, 0.5) is 15.4 Å². The number of carbonyl (C=O) groups is 3. The van der Waals surface area contributed by atoms with Crippen molar-refractivity contribution in [2.45, 2.75) is 52.7 Å². The number of aromatic nitrogens is 2. The van der Waals surface area contributed by atoms with E-state index in [0.29, 0.717) is 4.90 Å². The Morgan fingerprint density at radius 3 is 1.89 bits per heavy atom. The maximum atomic E-state index is 12.7. The summed E-state index contributed by atoms with van der Waals surface area (Å²) in [5.74, 6) is -1.26. The first kappa shape index (κ1) is 22.1. The molecule has 2 amide bonds. The zero-order valence-electron chi connectivity index (χ0n) is 16.7. The van der Waals surface area contributed by atoms with E-state index in [9.17, 15) is 14.4 Å². The van der Waals surface area contributed by atoms with E-state index < -0.39 is 29.4 Å². The summed E-state index contributed by atoms with van der Waals surface area (Å²) in [7, 11) is 1.14. The Morgan fingerprint density at radius 1 is 1.04 bits per heavy atom. The van der Waals surface area contributed by atoms with Crippen LogP contribution in [0.25, 0.3) is 6.08 Å². The molecule has 9 nitrogen and oxygen atoms in total. The Morgan fingerprint density at radius 2 is 1.52 bits per heavy atom. The number of anilines is 1. The van der Waals surface area contributed by atoms with Crippen LogP contribution in [0.1, 0.15) is 57.7 Å². The number of methoxy groups -OCH3 is 1. The molecule has 0 unspecified atom stereocenters. The monoisotopic (exact) mass is 379 g/mol. The Hall–Kier alpha value is -2.97. The zero-order chi connectivity index (χ0) is 21.0.